The molecule has 0 atom stereocenters. The van der Waals surface area contributed by atoms with E-state index in [1.165, 1.54) is 10.7 Å². The largest absolute Gasteiger partial charge is 0.478 e. The molecule has 3 rings (SSSR count). The van der Waals surface area contributed by atoms with Gasteiger partial charge in [-0.2, -0.15) is 5.10 Å². The minimum Gasteiger partial charge on any atom is -0.478 e. The summed E-state index contributed by atoms with van der Waals surface area (Å²) < 4.78 is 1.34. The van der Waals surface area contributed by atoms with Crippen LogP contribution in [0.1, 0.15) is 15.9 Å². The van der Waals surface area contributed by atoms with Crippen molar-refractivity contribution in [1.82, 2.24) is 9.78 Å². The van der Waals surface area contributed by atoms with Gasteiger partial charge in [-0.3, -0.25) is 4.79 Å². The number of hydrogen-bond donors (Lipinski definition) is 1. The van der Waals surface area contributed by atoms with Crippen molar-refractivity contribution in [2.45, 2.75) is 6.54 Å². The molecular weight excluding hydrogens is 268 g/mol. The molecule has 1 heterocycles. The van der Waals surface area contributed by atoms with Crippen molar-refractivity contribution in [2.24, 2.45) is 0 Å². The van der Waals surface area contributed by atoms with Gasteiger partial charge in [0, 0.05) is 5.39 Å². The van der Waals surface area contributed by atoms with Gasteiger partial charge in [0.05, 0.1) is 23.7 Å². The summed E-state index contributed by atoms with van der Waals surface area (Å²) in [4.78, 5) is 23.3. The summed E-state index contributed by atoms with van der Waals surface area (Å²) in [5.74, 6) is -0.990. The molecule has 0 saturated carbocycles. The molecule has 0 spiro atoms. The molecule has 1 aromatic heterocycles. The number of carbonyl (C=O) groups is 1. The number of carboxylic acid groups (broad SMARTS) is 1. The maximum atomic E-state index is 12.3. The Morgan fingerprint density at radius 3 is 2.76 bits per heavy atom. The summed E-state index contributed by atoms with van der Waals surface area (Å²) in [5.41, 5.74) is 0.731. The van der Waals surface area contributed by atoms with Gasteiger partial charge in [0.15, 0.2) is 0 Å². The van der Waals surface area contributed by atoms with E-state index < -0.39 is 5.97 Å². The Bertz CT molecular complexity index is 884. The maximum absolute atomic E-state index is 12.3. The van der Waals surface area contributed by atoms with Gasteiger partial charge in [0.1, 0.15) is 0 Å². The fourth-order valence-electron chi connectivity index (χ4n) is 2.22. The van der Waals surface area contributed by atoms with E-state index in [-0.39, 0.29) is 17.7 Å². The molecule has 21 heavy (non-hydrogen) atoms. The normalized spacial score (nSPS) is 10.7. The molecular formula is C16H12N2O3. The number of benzene rings is 2. The molecule has 3 aromatic rings. The summed E-state index contributed by atoms with van der Waals surface area (Å²) in [6, 6.07) is 13.7. The van der Waals surface area contributed by atoms with Gasteiger partial charge in [-0.1, -0.05) is 30.3 Å². The fraction of sp³-hybridized carbons (Fsp3) is 0.0625. The van der Waals surface area contributed by atoms with Gasteiger partial charge in [0.25, 0.3) is 5.56 Å². The van der Waals surface area contributed by atoms with Crippen LogP contribution in [0.2, 0.25) is 0 Å². The number of hydrogen-bond acceptors (Lipinski definition) is 3. The summed E-state index contributed by atoms with van der Waals surface area (Å²) >= 11 is 0. The maximum Gasteiger partial charge on any atom is 0.335 e. The number of nitrogens with zero attached hydrogens (tertiary/aromatic N) is 2. The Morgan fingerprint density at radius 2 is 1.95 bits per heavy atom. The predicted molar refractivity (Wildman–Crippen MR) is 78.5 cm³/mol. The lowest BCUT2D eigenvalue weighted by atomic mass is 10.1. The Balaban J connectivity index is 2.02. The Hall–Kier alpha value is -2.95. The first-order valence-electron chi connectivity index (χ1n) is 6.42. The highest BCUT2D eigenvalue weighted by Crippen LogP contribution is 2.09. The second kappa shape index (κ2) is 5.20. The standard InChI is InChI=1S/C16H12N2O3/c19-15-14-7-2-1-5-13(14)9-17-18(15)10-11-4-3-6-12(8-11)16(20)21/h1-9H,10H2,(H,20,21). The van der Waals surface area contributed by atoms with Gasteiger partial charge in [-0.05, 0) is 23.8 Å². The summed E-state index contributed by atoms with van der Waals surface area (Å²) in [7, 11) is 0. The zero-order chi connectivity index (χ0) is 14.8. The number of carboxylic acids is 1. The first-order valence-corrected chi connectivity index (χ1v) is 6.42. The smallest absolute Gasteiger partial charge is 0.335 e. The Morgan fingerprint density at radius 1 is 1.14 bits per heavy atom. The molecule has 1 N–H and O–H groups in total. The van der Waals surface area contributed by atoms with Crippen LogP contribution in [0.3, 0.4) is 0 Å². The zero-order valence-corrected chi connectivity index (χ0v) is 11.1. The van der Waals surface area contributed by atoms with Crippen molar-refractivity contribution in [2.75, 3.05) is 0 Å². The van der Waals surface area contributed by atoms with Crippen molar-refractivity contribution >= 4 is 16.7 Å². The predicted octanol–water partition coefficient (Wildman–Crippen LogP) is 2.14. The van der Waals surface area contributed by atoms with Crippen LogP contribution in [-0.4, -0.2) is 20.9 Å². The van der Waals surface area contributed by atoms with E-state index in [4.69, 9.17) is 5.11 Å². The highest BCUT2D eigenvalue weighted by molar-refractivity contribution is 5.87. The van der Waals surface area contributed by atoms with Crippen LogP contribution in [0, 0.1) is 0 Å². The third kappa shape index (κ3) is 2.53. The highest BCUT2D eigenvalue weighted by atomic mass is 16.4. The van der Waals surface area contributed by atoms with E-state index in [1.54, 1.807) is 36.5 Å². The number of rotatable bonds is 3. The van der Waals surface area contributed by atoms with Gasteiger partial charge >= 0.3 is 5.97 Å². The van der Waals surface area contributed by atoms with Crippen molar-refractivity contribution in [3.8, 4) is 0 Å². The molecule has 0 aliphatic heterocycles. The van der Waals surface area contributed by atoms with Crippen LogP contribution in [0.25, 0.3) is 10.8 Å². The minimum atomic E-state index is -0.990. The third-order valence-electron chi connectivity index (χ3n) is 3.27. The van der Waals surface area contributed by atoms with E-state index in [0.29, 0.717) is 5.39 Å². The van der Waals surface area contributed by atoms with E-state index >= 15 is 0 Å². The SMILES string of the molecule is O=C(O)c1cccc(Cn2ncc3ccccc3c2=O)c1. The van der Waals surface area contributed by atoms with Gasteiger partial charge < -0.3 is 5.11 Å². The van der Waals surface area contributed by atoms with Crippen molar-refractivity contribution < 1.29 is 9.90 Å². The van der Waals surface area contributed by atoms with Gasteiger partial charge in [-0.15, -0.1) is 0 Å². The lowest BCUT2D eigenvalue weighted by molar-refractivity contribution is 0.0696. The van der Waals surface area contributed by atoms with E-state index in [2.05, 4.69) is 5.10 Å². The number of aromatic nitrogens is 2. The second-order valence-corrected chi connectivity index (χ2v) is 4.70. The molecule has 5 heteroatoms. The quantitative estimate of drug-likeness (QED) is 0.797. The average molecular weight is 280 g/mol. The van der Waals surface area contributed by atoms with E-state index in [9.17, 15) is 9.59 Å². The third-order valence-corrected chi connectivity index (χ3v) is 3.27. The Labute approximate surface area is 120 Å². The van der Waals surface area contributed by atoms with Crippen LogP contribution in [0.5, 0.6) is 0 Å². The topological polar surface area (TPSA) is 72.2 Å². The molecule has 104 valence electrons. The van der Waals surface area contributed by atoms with Gasteiger partial charge in [-0.25, -0.2) is 9.48 Å². The number of fused-ring (bicyclic) bond motifs is 1. The monoisotopic (exact) mass is 280 g/mol. The van der Waals surface area contributed by atoms with E-state index in [0.717, 1.165) is 10.9 Å². The van der Waals surface area contributed by atoms with Crippen LogP contribution in [0.15, 0.2) is 59.5 Å². The van der Waals surface area contributed by atoms with Crippen LogP contribution in [0.4, 0.5) is 0 Å². The molecule has 0 aliphatic carbocycles. The Kier molecular flexibility index (Phi) is 3.23. The van der Waals surface area contributed by atoms with Crippen LogP contribution in [-0.2, 0) is 6.54 Å². The molecule has 2 aromatic carbocycles. The highest BCUT2D eigenvalue weighted by Gasteiger charge is 2.07. The lowest BCUT2D eigenvalue weighted by Gasteiger charge is -2.06. The average Bonchev–Trinajstić information content (AvgIpc) is 2.51. The molecule has 0 aliphatic rings. The lowest BCUT2D eigenvalue weighted by Crippen LogP contribution is -2.23. The molecule has 0 unspecified atom stereocenters. The summed E-state index contributed by atoms with van der Waals surface area (Å²) in [6.07, 6.45) is 1.64. The molecule has 0 bridgehead atoms. The van der Waals surface area contributed by atoms with Crippen molar-refractivity contribution in [3.05, 3.63) is 76.2 Å². The minimum absolute atomic E-state index is 0.186. The summed E-state index contributed by atoms with van der Waals surface area (Å²) in [6.45, 7) is 0.241. The van der Waals surface area contributed by atoms with Crippen molar-refractivity contribution in [3.63, 3.8) is 0 Å². The molecule has 5 nitrogen and oxygen atoms in total. The number of aromatic carboxylic acids is 1. The fourth-order valence-corrected chi connectivity index (χ4v) is 2.22. The van der Waals surface area contributed by atoms with Gasteiger partial charge in [0.2, 0.25) is 0 Å². The summed E-state index contributed by atoms with van der Waals surface area (Å²) in [5, 5.41) is 14.5. The van der Waals surface area contributed by atoms with E-state index in [1.807, 2.05) is 12.1 Å². The zero-order valence-electron chi connectivity index (χ0n) is 11.1. The first-order chi connectivity index (χ1) is 10.1. The second-order valence-electron chi connectivity index (χ2n) is 4.70. The first kappa shape index (κ1) is 13.1. The molecule has 0 radical (unpaired) electrons. The van der Waals surface area contributed by atoms with Crippen molar-refractivity contribution in [1.29, 1.82) is 0 Å². The van der Waals surface area contributed by atoms with Crippen LogP contribution < -0.4 is 5.56 Å². The molecule has 0 amide bonds. The molecule has 0 fully saturated rings. The van der Waals surface area contributed by atoms with Crippen LogP contribution >= 0.6 is 0 Å². The molecule has 0 saturated heterocycles.